The van der Waals surface area contributed by atoms with E-state index in [2.05, 4.69) is 34.3 Å². The molecule has 0 unspecified atom stereocenters. The molecule has 0 amide bonds. The van der Waals surface area contributed by atoms with Crippen LogP contribution >= 0.6 is 38.9 Å². The van der Waals surface area contributed by atoms with Crippen molar-refractivity contribution in [3.63, 3.8) is 0 Å². The second kappa shape index (κ2) is 3.60. The highest BCUT2D eigenvalue weighted by Gasteiger charge is 2.09. The van der Waals surface area contributed by atoms with E-state index in [0.29, 0.717) is 0 Å². The van der Waals surface area contributed by atoms with Crippen LogP contribution in [0.3, 0.4) is 0 Å². The molecule has 2 aromatic rings. The van der Waals surface area contributed by atoms with Crippen molar-refractivity contribution in [1.82, 2.24) is 0 Å². The molecule has 0 aliphatic rings. The molecule has 2 rings (SSSR count). The van der Waals surface area contributed by atoms with Crippen molar-refractivity contribution in [2.45, 2.75) is 13.3 Å². The van der Waals surface area contributed by atoms with Crippen molar-refractivity contribution < 1.29 is 0 Å². The lowest BCUT2D eigenvalue weighted by Gasteiger charge is -2.04. The zero-order valence-electron chi connectivity index (χ0n) is 7.10. The van der Waals surface area contributed by atoms with Gasteiger partial charge in [-0.05, 0) is 50.8 Å². The number of hydrogen-bond donors (Lipinski definition) is 0. The van der Waals surface area contributed by atoms with Crippen LogP contribution in [0.1, 0.15) is 12.5 Å². The van der Waals surface area contributed by atoms with E-state index in [1.54, 1.807) is 11.3 Å². The first kappa shape index (κ1) is 9.50. The van der Waals surface area contributed by atoms with E-state index in [4.69, 9.17) is 11.6 Å². The Labute approximate surface area is 94.7 Å². The quantitative estimate of drug-likeness (QED) is 0.696. The molecule has 1 heterocycles. The summed E-state index contributed by atoms with van der Waals surface area (Å²) in [5.41, 5.74) is 1.32. The third kappa shape index (κ3) is 1.51. The highest BCUT2D eigenvalue weighted by atomic mass is 79.9. The van der Waals surface area contributed by atoms with Gasteiger partial charge >= 0.3 is 0 Å². The predicted octanol–water partition coefficient (Wildman–Crippen LogP) is 4.88. The summed E-state index contributed by atoms with van der Waals surface area (Å²) in [6.45, 7) is 2.15. The topological polar surface area (TPSA) is 0 Å². The minimum Gasteiger partial charge on any atom is -0.143 e. The lowest BCUT2D eigenvalue weighted by molar-refractivity contribution is 1.15. The summed E-state index contributed by atoms with van der Waals surface area (Å²) in [7, 11) is 0. The number of thiophene rings is 1. The number of halogens is 2. The van der Waals surface area contributed by atoms with Crippen LogP contribution in [0.25, 0.3) is 10.1 Å². The third-order valence-electron chi connectivity index (χ3n) is 2.08. The average molecular weight is 276 g/mol. The molecular formula is C10H8BrClS. The number of benzene rings is 1. The number of aryl methyl sites for hydroxylation is 1. The monoisotopic (exact) mass is 274 g/mol. The summed E-state index contributed by atoms with van der Waals surface area (Å²) in [5.74, 6) is 0. The van der Waals surface area contributed by atoms with E-state index in [-0.39, 0.29) is 0 Å². The molecule has 0 fully saturated rings. The summed E-state index contributed by atoms with van der Waals surface area (Å²) in [4.78, 5) is 0. The second-order valence-electron chi connectivity index (χ2n) is 2.84. The van der Waals surface area contributed by atoms with Crippen LogP contribution in [0.5, 0.6) is 0 Å². The zero-order chi connectivity index (χ0) is 9.42. The van der Waals surface area contributed by atoms with Crippen molar-refractivity contribution in [3.8, 4) is 0 Å². The van der Waals surface area contributed by atoms with Gasteiger partial charge in [-0.15, -0.1) is 11.3 Å². The lowest BCUT2D eigenvalue weighted by atomic mass is 10.1. The van der Waals surface area contributed by atoms with E-state index in [1.165, 1.54) is 15.6 Å². The first-order chi connectivity index (χ1) is 6.24. The molecule has 1 aromatic carbocycles. The summed E-state index contributed by atoms with van der Waals surface area (Å²) < 4.78 is 2.39. The van der Waals surface area contributed by atoms with Crippen LogP contribution in [-0.2, 0) is 6.42 Å². The molecule has 13 heavy (non-hydrogen) atoms. The van der Waals surface area contributed by atoms with Crippen molar-refractivity contribution in [2.24, 2.45) is 0 Å². The SMILES string of the molecule is CCc1c(Br)c(Cl)cc2ccsc12. The Morgan fingerprint density at radius 2 is 2.31 bits per heavy atom. The van der Waals surface area contributed by atoms with Crippen molar-refractivity contribution in [2.75, 3.05) is 0 Å². The van der Waals surface area contributed by atoms with Gasteiger partial charge in [0.1, 0.15) is 0 Å². The maximum absolute atomic E-state index is 6.09. The molecule has 68 valence electrons. The molecule has 0 aliphatic heterocycles. The van der Waals surface area contributed by atoms with Gasteiger partial charge in [0.15, 0.2) is 0 Å². The van der Waals surface area contributed by atoms with Crippen LogP contribution < -0.4 is 0 Å². The van der Waals surface area contributed by atoms with Crippen molar-refractivity contribution >= 4 is 49.0 Å². The Kier molecular flexibility index (Phi) is 2.63. The predicted molar refractivity (Wildman–Crippen MR) is 63.9 cm³/mol. The Bertz CT molecular complexity index is 447. The molecule has 1 aromatic heterocycles. The Morgan fingerprint density at radius 1 is 1.54 bits per heavy atom. The fraction of sp³-hybridized carbons (Fsp3) is 0.200. The fourth-order valence-electron chi connectivity index (χ4n) is 1.44. The van der Waals surface area contributed by atoms with Gasteiger partial charge < -0.3 is 0 Å². The molecule has 0 nitrogen and oxygen atoms in total. The lowest BCUT2D eigenvalue weighted by Crippen LogP contribution is -1.83. The minimum absolute atomic E-state index is 0.808. The van der Waals surface area contributed by atoms with Gasteiger partial charge in [-0.1, -0.05) is 18.5 Å². The minimum atomic E-state index is 0.808. The molecule has 0 bridgehead atoms. The molecule has 0 spiro atoms. The Hall–Kier alpha value is -0.0500. The molecule has 3 heteroatoms. The van der Waals surface area contributed by atoms with Gasteiger partial charge in [-0.3, -0.25) is 0 Å². The number of fused-ring (bicyclic) bond motifs is 1. The first-order valence-corrected chi connectivity index (χ1v) is 6.13. The van der Waals surface area contributed by atoms with Gasteiger partial charge in [-0.2, -0.15) is 0 Å². The van der Waals surface area contributed by atoms with Crippen LogP contribution in [0, 0.1) is 0 Å². The summed E-state index contributed by atoms with van der Waals surface area (Å²) in [6, 6.07) is 4.12. The first-order valence-electron chi connectivity index (χ1n) is 4.08. The Balaban J connectivity index is 2.87. The maximum atomic E-state index is 6.09. The van der Waals surface area contributed by atoms with E-state index in [0.717, 1.165) is 15.9 Å². The molecule has 0 saturated heterocycles. The van der Waals surface area contributed by atoms with Gasteiger partial charge in [-0.25, -0.2) is 0 Å². The normalized spacial score (nSPS) is 11.0. The van der Waals surface area contributed by atoms with Crippen molar-refractivity contribution in [3.05, 3.63) is 32.6 Å². The van der Waals surface area contributed by atoms with Gasteiger partial charge in [0, 0.05) is 9.17 Å². The highest BCUT2D eigenvalue weighted by Crippen LogP contribution is 2.36. The smallest absolute Gasteiger partial charge is 0.0557 e. The molecule has 0 saturated carbocycles. The van der Waals surface area contributed by atoms with Crippen LogP contribution in [0.15, 0.2) is 22.0 Å². The van der Waals surface area contributed by atoms with Crippen LogP contribution in [-0.4, -0.2) is 0 Å². The van der Waals surface area contributed by atoms with E-state index < -0.39 is 0 Å². The molecular weight excluding hydrogens is 268 g/mol. The van der Waals surface area contributed by atoms with Crippen LogP contribution in [0.2, 0.25) is 5.02 Å². The molecule has 0 aliphatic carbocycles. The average Bonchev–Trinajstić information content (AvgIpc) is 2.54. The van der Waals surface area contributed by atoms with Gasteiger partial charge in [0.2, 0.25) is 0 Å². The zero-order valence-corrected chi connectivity index (χ0v) is 10.3. The third-order valence-corrected chi connectivity index (χ3v) is 4.50. The summed E-state index contributed by atoms with van der Waals surface area (Å²) >= 11 is 11.4. The summed E-state index contributed by atoms with van der Waals surface area (Å²) in [5, 5.41) is 4.16. The largest absolute Gasteiger partial charge is 0.143 e. The van der Waals surface area contributed by atoms with Gasteiger partial charge in [0.05, 0.1) is 5.02 Å². The number of hydrogen-bond acceptors (Lipinski definition) is 1. The van der Waals surface area contributed by atoms with Crippen LogP contribution in [0.4, 0.5) is 0 Å². The molecule has 0 radical (unpaired) electrons. The molecule has 0 atom stereocenters. The second-order valence-corrected chi connectivity index (χ2v) is 4.96. The fourth-order valence-corrected chi connectivity index (χ4v) is 3.40. The maximum Gasteiger partial charge on any atom is 0.0557 e. The van der Waals surface area contributed by atoms with E-state index in [9.17, 15) is 0 Å². The standard InChI is InChI=1S/C10H8BrClS/c1-2-7-9(11)8(12)5-6-3-4-13-10(6)7/h3-5H,2H2,1H3. The Morgan fingerprint density at radius 3 is 3.00 bits per heavy atom. The van der Waals surface area contributed by atoms with Crippen molar-refractivity contribution in [1.29, 1.82) is 0 Å². The number of rotatable bonds is 1. The summed E-state index contributed by atoms with van der Waals surface area (Å²) in [6.07, 6.45) is 1.01. The highest BCUT2D eigenvalue weighted by molar-refractivity contribution is 9.10. The van der Waals surface area contributed by atoms with E-state index in [1.807, 2.05) is 6.07 Å². The molecule has 0 N–H and O–H groups in total. The van der Waals surface area contributed by atoms with Gasteiger partial charge in [0.25, 0.3) is 0 Å². The van der Waals surface area contributed by atoms with E-state index >= 15 is 0 Å².